The molecule has 2 aliphatic rings. The Morgan fingerprint density at radius 2 is 1.84 bits per heavy atom. The minimum absolute atomic E-state index is 0.110. The van der Waals surface area contributed by atoms with Crippen LogP contribution in [0.4, 0.5) is 5.82 Å². The normalized spacial score (nSPS) is 24.5. The molecule has 1 aliphatic carbocycles. The summed E-state index contributed by atoms with van der Waals surface area (Å²) in [7, 11) is 3.73. The van der Waals surface area contributed by atoms with E-state index in [1.165, 1.54) is 0 Å². The van der Waals surface area contributed by atoms with E-state index in [0.29, 0.717) is 11.4 Å². The highest BCUT2D eigenvalue weighted by atomic mass is 16.5. The summed E-state index contributed by atoms with van der Waals surface area (Å²) in [5, 5.41) is 0. The van der Waals surface area contributed by atoms with Gasteiger partial charge in [0.15, 0.2) is 5.78 Å². The molecule has 1 saturated heterocycles. The third-order valence-corrected chi connectivity index (χ3v) is 6.67. The predicted octanol–water partition coefficient (Wildman–Crippen LogP) is 3.77. The Kier molecular flexibility index (Phi) is 7.25. The summed E-state index contributed by atoms with van der Waals surface area (Å²) in [6.07, 6.45) is 6.36. The molecule has 0 N–H and O–H groups in total. The Morgan fingerprint density at radius 3 is 2.41 bits per heavy atom. The smallest absolute Gasteiger partial charge is 0.329 e. The lowest BCUT2D eigenvalue weighted by molar-refractivity contribution is -0.158. The summed E-state index contributed by atoms with van der Waals surface area (Å²) in [4.78, 5) is 49.1. The van der Waals surface area contributed by atoms with E-state index in [4.69, 9.17) is 4.74 Å². The predicted molar refractivity (Wildman–Crippen MR) is 123 cm³/mol. The van der Waals surface area contributed by atoms with Crippen molar-refractivity contribution in [1.29, 1.82) is 0 Å². The van der Waals surface area contributed by atoms with Crippen LogP contribution in [0.3, 0.4) is 0 Å². The van der Waals surface area contributed by atoms with E-state index in [1.54, 1.807) is 24.1 Å². The Bertz CT molecular complexity index is 855. The number of ether oxygens (including phenoxy) is 1. The maximum atomic E-state index is 14.0. The molecule has 0 aromatic carbocycles. The molecule has 1 amide bonds. The monoisotopic (exact) mass is 443 g/mol. The summed E-state index contributed by atoms with van der Waals surface area (Å²) < 4.78 is 5.42. The molecule has 1 saturated carbocycles. The van der Waals surface area contributed by atoms with E-state index in [2.05, 4.69) is 4.98 Å². The van der Waals surface area contributed by atoms with Crippen molar-refractivity contribution in [1.82, 2.24) is 9.88 Å². The lowest BCUT2D eigenvalue weighted by atomic mass is 9.74. The van der Waals surface area contributed by atoms with Crippen LogP contribution < -0.4 is 4.90 Å². The van der Waals surface area contributed by atoms with E-state index in [-0.39, 0.29) is 24.2 Å². The Balaban J connectivity index is 2.19. The highest BCUT2D eigenvalue weighted by Gasteiger charge is 2.59. The summed E-state index contributed by atoms with van der Waals surface area (Å²) in [5.74, 6) is -0.923. The van der Waals surface area contributed by atoms with Crippen molar-refractivity contribution >= 4 is 23.5 Å². The molecule has 1 aliphatic heterocycles. The Hall–Kier alpha value is -2.44. The number of carbonyl (C=O) groups excluding carboxylic acids is 3. The van der Waals surface area contributed by atoms with Crippen LogP contribution in [0.15, 0.2) is 18.3 Å². The highest BCUT2D eigenvalue weighted by Crippen LogP contribution is 2.48. The molecule has 2 heterocycles. The van der Waals surface area contributed by atoms with Gasteiger partial charge in [-0.3, -0.25) is 9.59 Å². The van der Waals surface area contributed by atoms with Crippen molar-refractivity contribution in [3.05, 3.63) is 23.9 Å². The van der Waals surface area contributed by atoms with E-state index in [0.717, 1.165) is 32.1 Å². The van der Waals surface area contributed by atoms with Crippen LogP contribution in [0.1, 0.15) is 71.4 Å². The minimum atomic E-state index is -0.933. The number of esters is 1. The van der Waals surface area contributed by atoms with Gasteiger partial charge in [-0.05, 0) is 31.2 Å². The molecule has 3 unspecified atom stereocenters. The van der Waals surface area contributed by atoms with Crippen LogP contribution in [-0.4, -0.2) is 54.3 Å². The van der Waals surface area contributed by atoms with Gasteiger partial charge in [-0.25, -0.2) is 9.78 Å². The van der Waals surface area contributed by atoms with Gasteiger partial charge in [0.25, 0.3) is 0 Å². The largest absolute Gasteiger partial charge is 0.464 e. The summed E-state index contributed by atoms with van der Waals surface area (Å²) in [5.41, 5.74) is 0.141. The van der Waals surface area contributed by atoms with Gasteiger partial charge in [0.1, 0.15) is 17.9 Å². The van der Waals surface area contributed by atoms with Gasteiger partial charge in [-0.2, -0.15) is 0 Å². The van der Waals surface area contributed by atoms with Crippen molar-refractivity contribution in [3.8, 4) is 0 Å². The van der Waals surface area contributed by atoms with E-state index in [9.17, 15) is 14.4 Å². The Morgan fingerprint density at radius 1 is 1.19 bits per heavy atom. The molecule has 1 aromatic rings. The topological polar surface area (TPSA) is 79.8 Å². The van der Waals surface area contributed by atoms with Crippen molar-refractivity contribution in [2.24, 2.45) is 17.3 Å². The summed E-state index contributed by atoms with van der Waals surface area (Å²) in [6.45, 7) is 7.79. The van der Waals surface area contributed by atoms with Crippen LogP contribution in [0.25, 0.3) is 0 Å². The maximum absolute atomic E-state index is 14.0. The number of anilines is 1. The SMILES string of the molecule is CCOC(=O)C1C(C(C)(C)C)C(=O)C(c2cccnc2N(C)C)N1C(=O)C1CCCCC1. The molecule has 7 nitrogen and oxygen atoms in total. The molecule has 0 spiro atoms. The summed E-state index contributed by atoms with van der Waals surface area (Å²) >= 11 is 0. The third kappa shape index (κ3) is 4.52. The van der Waals surface area contributed by atoms with Crippen molar-refractivity contribution in [3.63, 3.8) is 0 Å². The average molecular weight is 444 g/mol. The van der Waals surface area contributed by atoms with Gasteiger partial charge in [0.05, 0.1) is 12.5 Å². The summed E-state index contributed by atoms with van der Waals surface area (Å²) in [6, 6.07) is 1.84. The molecule has 0 bridgehead atoms. The first kappa shape index (κ1) is 24.2. The molecular weight excluding hydrogens is 406 g/mol. The minimum Gasteiger partial charge on any atom is -0.464 e. The number of likely N-dealkylation sites (tertiary alicyclic amines) is 1. The number of aromatic nitrogens is 1. The quantitative estimate of drug-likeness (QED) is 0.645. The number of ketones is 1. The molecule has 2 fully saturated rings. The second-order valence-corrected chi connectivity index (χ2v) is 10.2. The van der Waals surface area contributed by atoms with Crippen LogP contribution >= 0.6 is 0 Å². The van der Waals surface area contributed by atoms with E-state index >= 15 is 0 Å². The zero-order chi connectivity index (χ0) is 23.6. The second kappa shape index (κ2) is 9.59. The molecule has 3 rings (SSSR count). The second-order valence-electron chi connectivity index (χ2n) is 10.2. The van der Waals surface area contributed by atoms with E-state index in [1.807, 2.05) is 45.8 Å². The first-order chi connectivity index (χ1) is 15.1. The third-order valence-electron chi connectivity index (χ3n) is 6.67. The standard InChI is InChI=1S/C25H37N3O4/c1-7-32-24(31)20-18(25(2,3)4)21(29)19(17-14-11-15-26-22(17)27(5)6)28(20)23(30)16-12-9-8-10-13-16/h11,14-16,18-20H,7-10,12-13H2,1-6H3. The lowest BCUT2D eigenvalue weighted by Crippen LogP contribution is -2.49. The van der Waals surface area contributed by atoms with Crippen molar-refractivity contribution < 1.29 is 19.1 Å². The molecule has 32 heavy (non-hydrogen) atoms. The number of pyridine rings is 1. The zero-order valence-corrected chi connectivity index (χ0v) is 20.3. The molecule has 1 aromatic heterocycles. The fourth-order valence-corrected chi connectivity index (χ4v) is 5.29. The van der Waals surface area contributed by atoms with Crippen molar-refractivity contribution in [2.75, 3.05) is 25.6 Å². The zero-order valence-electron chi connectivity index (χ0n) is 20.3. The lowest BCUT2D eigenvalue weighted by Gasteiger charge is -2.36. The number of hydrogen-bond donors (Lipinski definition) is 0. The van der Waals surface area contributed by atoms with Crippen LogP contribution in [0.5, 0.6) is 0 Å². The van der Waals surface area contributed by atoms with Crippen LogP contribution in [-0.2, 0) is 19.1 Å². The van der Waals surface area contributed by atoms with Crippen molar-refractivity contribution in [2.45, 2.75) is 71.9 Å². The first-order valence-electron chi connectivity index (χ1n) is 11.7. The Labute approximate surface area is 191 Å². The fourth-order valence-electron chi connectivity index (χ4n) is 5.29. The molecule has 176 valence electrons. The molecule has 7 heteroatoms. The van der Waals surface area contributed by atoms with Gasteiger partial charge < -0.3 is 14.5 Å². The van der Waals surface area contributed by atoms with Gasteiger partial charge in [-0.15, -0.1) is 0 Å². The maximum Gasteiger partial charge on any atom is 0.329 e. The van der Waals surface area contributed by atoms with Crippen LogP contribution in [0, 0.1) is 17.3 Å². The van der Waals surface area contributed by atoms with Gasteiger partial charge in [0.2, 0.25) is 5.91 Å². The highest BCUT2D eigenvalue weighted by molar-refractivity contribution is 6.03. The number of hydrogen-bond acceptors (Lipinski definition) is 6. The number of nitrogens with zero attached hydrogens (tertiary/aromatic N) is 3. The average Bonchev–Trinajstić information content (AvgIpc) is 3.07. The number of amides is 1. The van der Waals surface area contributed by atoms with Gasteiger partial charge in [0, 0.05) is 31.8 Å². The molecule has 3 atom stereocenters. The number of rotatable bonds is 5. The first-order valence-corrected chi connectivity index (χ1v) is 11.7. The van der Waals surface area contributed by atoms with Gasteiger partial charge in [-0.1, -0.05) is 46.1 Å². The fraction of sp³-hybridized carbons (Fsp3) is 0.680. The molecule has 0 radical (unpaired) electrons. The number of Topliss-reactive ketones (excluding diaryl/α,β-unsaturated/α-hetero) is 1. The van der Waals surface area contributed by atoms with E-state index < -0.39 is 29.4 Å². The van der Waals surface area contributed by atoms with Gasteiger partial charge >= 0.3 is 5.97 Å². The molecular formula is C25H37N3O4. The number of carbonyl (C=O) groups is 3. The van der Waals surface area contributed by atoms with Crippen LogP contribution in [0.2, 0.25) is 0 Å².